The fourth-order valence-corrected chi connectivity index (χ4v) is 9.47. The normalized spacial score (nSPS) is 14.4. The number of nitrogens with zero attached hydrogens (tertiary/aromatic N) is 1. The zero-order chi connectivity index (χ0) is 52.7. The number of unbranched alkanes of at least 4 members (excludes halogenated alkanes) is 30. The van der Waals surface area contributed by atoms with Crippen molar-refractivity contribution in [1.82, 2.24) is 5.32 Å². The Hall–Kier alpha value is -2.06. The summed E-state index contributed by atoms with van der Waals surface area (Å²) in [4.78, 5) is 25.5. The van der Waals surface area contributed by atoms with E-state index in [0.717, 1.165) is 70.6 Å². The van der Waals surface area contributed by atoms with Crippen LogP contribution in [-0.2, 0) is 18.4 Å². The lowest BCUT2D eigenvalue weighted by atomic mass is 10.0. The first-order chi connectivity index (χ1) is 35.0. The molecular formula is C63H117N2O6P. The average molecular weight is 1030 g/mol. The lowest BCUT2D eigenvalue weighted by Crippen LogP contribution is -2.46. The van der Waals surface area contributed by atoms with Gasteiger partial charge in [0.15, 0.2) is 0 Å². The monoisotopic (exact) mass is 1030 g/mol. The topological polar surface area (TPSA) is 108 Å². The molecule has 8 nitrogen and oxygen atoms in total. The number of hydrogen-bond acceptors (Lipinski definition) is 6. The van der Waals surface area contributed by atoms with Gasteiger partial charge in [0, 0.05) is 6.42 Å². The van der Waals surface area contributed by atoms with Crippen molar-refractivity contribution in [2.45, 2.75) is 283 Å². The first kappa shape index (κ1) is 69.9. The number of quaternary nitrogens is 1. The molecule has 0 spiro atoms. The molecule has 1 amide bonds. The molecule has 0 radical (unpaired) electrons. The third kappa shape index (κ3) is 55.7. The molecule has 9 heteroatoms. The molecular weight excluding hydrogens is 912 g/mol. The first-order valence-electron chi connectivity index (χ1n) is 30.3. The van der Waals surface area contributed by atoms with Crippen LogP contribution in [0.15, 0.2) is 72.9 Å². The Labute approximate surface area is 446 Å². The van der Waals surface area contributed by atoms with Crippen LogP contribution >= 0.6 is 7.82 Å². The van der Waals surface area contributed by atoms with Crippen molar-refractivity contribution in [3.8, 4) is 0 Å². The zero-order valence-corrected chi connectivity index (χ0v) is 48.8. The number of aliphatic hydroxyl groups is 1. The number of carbonyl (C=O) groups is 1. The highest BCUT2D eigenvalue weighted by molar-refractivity contribution is 7.45. The van der Waals surface area contributed by atoms with Crippen molar-refractivity contribution in [3.63, 3.8) is 0 Å². The molecule has 0 aliphatic heterocycles. The van der Waals surface area contributed by atoms with E-state index in [0.29, 0.717) is 30.3 Å². The molecule has 420 valence electrons. The zero-order valence-electron chi connectivity index (χ0n) is 47.9. The van der Waals surface area contributed by atoms with Crippen molar-refractivity contribution >= 4 is 13.7 Å². The number of phosphoric acid groups is 1. The first-order valence-corrected chi connectivity index (χ1v) is 31.7. The van der Waals surface area contributed by atoms with Crippen molar-refractivity contribution in [1.29, 1.82) is 0 Å². The fraction of sp³-hybridized carbons (Fsp3) is 0.794. The van der Waals surface area contributed by atoms with E-state index in [-0.39, 0.29) is 19.1 Å². The molecule has 0 aliphatic carbocycles. The van der Waals surface area contributed by atoms with Crippen LogP contribution in [0.1, 0.15) is 271 Å². The van der Waals surface area contributed by atoms with Gasteiger partial charge in [-0.15, -0.1) is 0 Å². The molecule has 0 saturated heterocycles. The maximum absolute atomic E-state index is 13.0. The number of nitrogens with one attached hydrogen (secondary N) is 1. The minimum atomic E-state index is -4.59. The van der Waals surface area contributed by atoms with E-state index >= 15 is 0 Å². The van der Waals surface area contributed by atoms with Crippen LogP contribution in [0.25, 0.3) is 0 Å². The summed E-state index contributed by atoms with van der Waals surface area (Å²) in [7, 11) is 1.27. The van der Waals surface area contributed by atoms with E-state index in [1.54, 1.807) is 0 Å². The number of hydrogen-bond donors (Lipinski definition) is 2. The van der Waals surface area contributed by atoms with E-state index < -0.39 is 20.0 Å². The number of rotatable bonds is 55. The summed E-state index contributed by atoms with van der Waals surface area (Å²) in [5.74, 6) is -0.206. The minimum Gasteiger partial charge on any atom is -0.756 e. The second-order valence-corrected chi connectivity index (χ2v) is 23.1. The quantitative estimate of drug-likeness (QED) is 0.0272. The van der Waals surface area contributed by atoms with Gasteiger partial charge < -0.3 is 28.8 Å². The summed E-state index contributed by atoms with van der Waals surface area (Å²) < 4.78 is 23.4. The molecule has 72 heavy (non-hydrogen) atoms. The standard InChI is InChI=1S/C63H117N2O6P/c1-6-8-10-12-14-16-18-20-22-24-26-28-29-30-31-32-33-34-35-37-38-40-42-44-46-48-50-52-54-56-62(66)61(60-71-72(68,69)70-59-58-65(3,4)5)64-63(67)57-55-53-51-49-47-45-43-41-39-36-27-25-23-21-19-17-15-13-11-9-7-2/h9,11,15,17,21,23,27,36,41,43,47,49,61-62,66H,6-8,10,12-14,16,18-20,22,24-26,28-35,37-40,42,44-46,48,50-60H2,1-5H3,(H-,64,67,68,69)/b11-9-,17-15-,23-21-,36-27-,43-41-,49-47-. The van der Waals surface area contributed by atoms with Gasteiger partial charge in [0.1, 0.15) is 13.2 Å². The van der Waals surface area contributed by atoms with Crippen molar-refractivity contribution in [2.75, 3.05) is 40.9 Å². The van der Waals surface area contributed by atoms with E-state index in [1.807, 2.05) is 21.1 Å². The smallest absolute Gasteiger partial charge is 0.268 e. The molecule has 3 unspecified atom stereocenters. The van der Waals surface area contributed by atoms with Crippen LogP contribution in [0, 0.1) is 0 Å². The van der Waals surface area contributed by atoms with Gasteiger partial charge in [0.2, 0.25) is 5.91 Å². The summed E-state index contributed by atoms with van der Waals surface area (Å²) in [5.41, 5.74) is 0. The van der Waals surface area contributed by atoms with Crippen LogP contribution in [0.5, 0.6) is 0 Å². The molecule has 0 aromatic carbocycles. The molecule has 2 N–H and O–H groups in total. The molecule has 0 bridgehead atoms. The van der Waals surface area contributed by atoms with Crippen LogP contribution < -0.4 is 10.2 Å². The van der Waals surface area contributed by atoms with Gasteiger partial charge in [0.25, 0.3) is 7.82 Å². The SMILES string of the molecule is CC/C=C\C/C=C\C/C=C\C/C=C\C/C=C\C/C=C\CCCCC(=O)NC(COP(=O)([O-])OCC[N+](C)(C)C)C(O)CCCCCCCCCCCCCCCCCCCCCCCCCCCCCCC. The lowest BCUT2D eigenvalue weighted by molar-refractivity contribution is -0.870. The predicted molar refractivity (Wildman–Crippen MR) is 311 cm³/mol. The summed E-state index contributed by atoms with van der Waals surface area (Å²) in [6.07, 6.45) is 73.8. The van der Waals surface area contributed by atoms with Crippen molar-refractivity contribution in [3.05, 3.63) is 72.9 Å². The summed E-state index contributed by atoms with van der Waals surface area (Å²) >= 11 is 0. The second-order valence-electron chi connectivity index (χ2n) is 21.7. The summed E-state index contributed by atoms with van der Waals surface area (Å²) in [6, 6.07) is -0.830. The van der Waals surface area contributed by atoms with Gasteiger partial charge in [0.05, 0.1) is 39.9 Å². The van der Waals surface area contributed by atoms with Gasteiger partial charge in [-0.3, -0.25) is 9.36 Å². The van der Waals surface area contributed by atoms with Gasteiger partial charge in [-0.25, -0.2) is 0 Å². The van der Waals surface area contributed by atoms with Crippen molar-refractivity contribution in [2.24, 2.45) is 0 Å². The Morgan fingerprint density at radius 1 is 0.500 bits per heavy atom. The number of likely N-dealkylation sites (N-methyl/N-ethyl adjacent to an activating group) is 1. The number of phosphoric ester groups is 1. The van der Waals surface area contributed by atoms with Crippen LogP contribution in [0.4, 0.5) is 0 Å². The Morgan fingerprint density at radius 2 is 0.847 bits per heavy atom. The Balaban J connectivity index is 4.18. The highest BCUT2D eigenvalue weighted by atomic mass is 31.2. The van der Waals surface area contributed by atoms with Gasteiger partial charge in [-0.2, -0.15) is 0 Å². The molecule has 0 rings (SSSR count). The lowest BCUT2D eigenvalue weighted by Gasteiger charge is -2.30. The maximum atomic E-state index is 13.0. The van der Waals surface area contributed by atoms with Gasteiger partial charge >= 0.3 is 0 Å². The molecule has 0 aromatic heterocycles. The third-order valence-electron chi connectivity index (χ3n) is 13.5. The Morgan fingerprint density at radius 3 is 1.21 bits per heavy atom. The van der Waals surface area contributed by atoms with Gasteiger partial charge in [-0.1, -0.05) is 273 Å². The average Bonchev–Trinajstić information content (AvgIpc) is 3.34. The number of allylic oxidation sites excluding steroid dienone is 12. The summed E-state index contributed by atoms with van der Waals surface area (Å²) in [6.45, 7) is 4.59. The Kier molecular flexibility index (Phi) is 52.2. The molecule has 0 saturated carbocycles. The second kappa shape index (κ2) is 53.8. The van der Waals surface area contributed by atoms with Crippen LogP contribution in [0.3, 0.4) is 0 Å². The number of amides is 1. The maximum Gasteiger partial charge on any atom is 0.268 e. The molecule has 0 aromatic rings. The number of aliphatic hydroxyl groups excluding tert-OH is 1. The molecule has 0 heterocycles. The molecule has 3 atom stereocenters. The highest BCUT2D eigenvalue weighted by Crippen LogP contribution is 2.38. The molecule has 0 fully saturated rings. The van der Waals surface area contributed by atoms with E-state index in [1.165, 1.54) is 167 Å². The Bertz CT molecular complexity index is 1400. The minimum absolute atomic E-state index is 0.000271. The fourth-order valence-electron chi connectivity index (χ4n) is 8.75. The van der Waals surface area contributed by atoms with E-state index in [4.69, 9.17) is 9.05 Å². The van der Waals surface area contributed by atoms with Gasteiger partial charge in [-0.05, 0) is 64.2 Å². The third-order valence-corrected chi connectivity index (χ3v) is 14.4. The number of carbonyl (C=O) groups excluding carboxylic acids is 1. The van der Waals surface area contributed by atoms with Crippen LogP contribution in [0.2, 0.25) is 0 Å². The van der Waals surface area contributed by atoms with Crippen LogP contribution in [-0.4, -0.2) is 68.5 Å². The van der Waals surface area contributed by atoms with E-state index in [9.17, 15) is 19.4 Å². The van der Waals surface area contributed by atoms with E-state index in [2.05, 4.69) is 92.1 Å². The molecule has 0 aliphatic rings. The van der Waals surface area contributed by atoms with Crippen molar-refractivity contribution < 1.29 is 32.9 Å². The summed E-state index contributed by atoms with van der Waals surface area (Å²) in [5, 5.41) is 14.0. The predicted octanol–water partition coefficient (Wildman–Crippen LogP) is 18.0. The largest absolute Gasteiger partial charge is 0.756 e. The highest BCUT2D eigenvalue weighted by Gasteiger charge is 2.24.